The second-order valence-corrected chi connectivity index (χ2v) is 6.56. The minimum atomic E-state index is -0.409. The van der Waals surface area contributed by atoms with Crippen molar-refractivity contribution in [3.05, 3.63) is 35.8 Å². The van der Waals surface area contributed by atoms with Gasteiger partial charge in [0, 0.05) is 6.04 Å². The fourth-order valence-corrected chi connectivity index (χ4v) is 2.67. The molecule has 7 nitrogen and oxygen atoms in total. The van der Waals surface area contributed by atoms with Crippen LogP contribution in [0.4, 0.5) is 0 Å². The second-order valence-electron chi connectivity index (χ2n) is 6.56. The number of nitrogens with one attached hydrogen (secondary N) is 3. The van der Waals surface area contributed by atoms with Crippen molar-refractivity contribution in [1.82, 2.24) is 15.3 Å². The van der Waals surface area contributed by atoms with Gasteiger partial charge in [0.05, 0.1) is 18.1 Å². The fourth-order valence-electron chi connectivity index (χ4n) is 2.67. The quantitative estimate of drug-likeness (QED) is 0.455. The van der Waals surface area contributed by atoms with Crippen LogP contribution in [-0.2, 0) is 4.79 Å². The molecule has 25 heavy (non-hydrogen) atoms. The summed E-state index contributed by atoms with van der Waals surface area (Å²) in [5.41, 5.74) is 1.64. The number of carbonyl (C=O) groups excluding carboxylic acids is 1. The average molecular weight is 340 g/mol. The van der Waals surface area contributed by atoms with Crippen LogP contribution in [-0.4, -0.2) is 46.7 Å². The molecule has 4 N–H and O–H groups in total. The first-order chi connectivity index (χ1) is 12.0. The standard InChI is InChI=1S/C18H21N5O2/c1-11(23(2)10-16(24)20-12-7-8-12)17(25)13(9-19)18-21-14-5-3-4-6-15(14)22-18/h3-6,11-12,25H,7-8,10H2,1-2H3,(H,20,24)(H,21,22)/p+1/b17-13-/t11-/m1/s1. The molecule has 1 saturated carbocycles. The molecule has 1 aromatic carbocycles. The normalized spacial score (nSPS) is 17.5. The fraction of sp³-hybridized carbons (Fsp3) is 0.389. The van der Waals surface area contributed by atoms with Gasteiger partial charge < -0.3 is 20.3 Å². The smallest absolute Gasteiger partial charge is 0.275 e. The van der Waals surface area contributed by atoms with Crippen molar-refractivity contribution in [1.29, 1.82) is 5.26 Å². The van der Waals surface area contributed by atoms with E-state index in [2.05, 4.69) is 15.3 Å². The number of allylic oxidation sites excluding steroid dienone is 1. The van der Waals surface area contributed by atoms with Gasteiger partial charge in [0.2, 0.25) is 0 Å². The lowest BCUT2D eigenvalue weighted by molar-refractivity contribution is -0.891. The van der Waals surface area contributed by atoms with Crippen molar-refractivity contribution < 1.29 is 14.8 Å². The molecule has 2 aromatic rings. The predicted molar refractivity (Wildman–Crippen MR) is 93.6 cm³/mol. The van der Waals surface area contributed by atoms with Crippen LogP contribution >= 0.6 is 0 Å². The number of rotatable bonds is 6. The van der Waals surface area contributed by atoms with Gasteiger partial charge in [-0.3, -0.25) is 4.79 Å². The third-order valence-electron chi connectivity index (χ3n) is 4.53. The molecule has 0 bridgehead atoms. The predicted octanol–water partition coefficient (Wildman–Crippen LogP) is 0.537. The molecule has 1 amide bonds. The Labute approximate surface area is 146 Å². The lowest BCUT2D eigenvalue weighted by atomic mass is 10.1. The number of aliphatic hydroxyl groups is 1. The van der Waals surface area contributed by atoms with Crippen LogP contribution in [0.25, 0.3) is 16.6 Å². The molecular formula is C18H22N5O2+. The summed E-state index contributed by atoms with van der Waals surface area (Å²) in [5, 5.41) is 23.0. The number of nitriles is 1. The Bertz CT molecular complexity index is 827. The van der Waals surface area contributed by atoms with Crippen LogP contribution in [0.2, 0.25) is 0 Å². The van der Waals surface area contributed by atoms with Crippen LogP contribution in [0, 0.1) is 11.3 Å². The van der Waals surface area contributed by atoms with Crippen molar-refractivity contribution in [2.45, 2.75) is 31.8 Å². The Morgan fingerprint density at radius 3 is 2.88 bits per heavy atom. The number of hydrogen-bond acceptors (Lipinski definition) is 4. The van der Waals surface area contributed by atoms with E-state index in [1.165, 1.54) is 0 Å². The number of nitrogens with zero attached hydrogens (tertiary/aromatic N) is 2. The summed E-state index contributed by atoms with van der Waals surface area (Å²) < 4.78 is 0. The number of imidazole rings is 1. The number of aliphatic hydroxyl groups excluding tert-OH is 1. The molecule has 1 unspecified atom stereocenters. The molecule has 1 heterocycles. The van der Waals surface area contributed by atoms with Gasteiger partial charge in [0.1, 0.15) is 17.7 Å². The number of amides is 1. The molecule has 1 aromatic heterocycles. The van der Waals surface area contributed by atoms with E-state index in [-0.39, 0.29) is 23.8 Å². The molecule has 0 radical (unpaired) electrons. The number of para-hydroxylation sites is 2. The largest absolute Gasteiger partial charge is 0.505 e. The van der Waals surface area contributed by atoms with Crippen LogP contribution in [0.1, 0.15) is 25.6 Å². The summed E-state index contributed by atoms with van der Waals surface area (Å²) in [6.45, 7) is 2.02. The highest BCUT2D eigenvalue weighted by Gasteiger charge is 2.28. The van der Waals surface area contributed by atoms with Gasteiger partial charge in [0.15, 0.2) is 18.1 Å². The van der Waals surface area contributed by atoms with Gasteiger partial charge in [-0.15, -0.1) is 0 Å². The highest BCUT2D eigenvalue weighted by molar-refractivity contribution is 5.83. The SMILES string of the molecule is C[C@H](/C(O)=C(\C#N)c1nc2ccccc2[nH]1)[NH+](C)CC(=O)NC1CC1. The van der Waals surface area contributed by atoms with Crippen molar-refractivity contribution in [3.63, 3.8) is 0 Å². The molecule has 130 valence electrons. The van der Waals surface area contributed by atoms with Crippen LogP contribution in [0.5, 0.6) is 0 Å². The zero-order valence-corrected chi connectivity index (χ0v) is 14.3. The molecule has 0 saturated heterocycles. The Balaban J connectivity index is 1.79. The summed E-state index contributed by atoms with van der Waals surface area (Å²) >= 11 is 0. The molecule has 0 aliphatic heterocycles. The summed E-state index contributed by atoms with van der Waals surface area (Å²) in [6.07, 6.45) is 2.08. The van der Waals surface area contributed by atoms with Gasteiger partial charge in [0.25, 0.3) is 5.91 Å². The monoisotopic (exact) mass is 340 g/mol. The molecule has 1 fully saturated rings. The second kappa shape index (κ2) is 6.95. The van der Waals surface area contributed by atoms with E-state index in [1.54, 1.807) is 6.92 Å². The Morgan fingerprint density at radius 2 is 2.24 bits per heavy atom. The van der Waals surface area contributed by atoms with Gasteiger partial charge in [-0.25, -0.2) is 4.98 Å². The van der Waals surface area contributed by atoms with E-state index in [0.29, 0.717) is 11.9 Å². The minimum Gasteiger partial charge on any atom is -0.505 e. The maximum Gasteiger partial charge on any atom is 0.275 e. The van der Waals surface area contributed by atoms with Crippen LogP contribution in [0.3, 0.4) is 0 Å². The Morgan fingerprint density at radius 1 is 1.52 bits per heavy atom. The van der Waals surface area contributed by atoms with Gasteiger partial charge >= 0.3 is 0 Å². The molecule has 3 rings (SSSR count). The zero-order chi connectivity index (χ0) is 18.0. The minimum absolute atomic E-state index is 0.0399. The van der Waals surface area contributed by atoms with E-state index in [9.17, 15) is 15.2 Å². The van der Waals surface area contributed by atoms with Crippen molar-refractivity contribution in [2.24, 2.45) is 0 Å². The highest BCUT2D eigenvalue weighted by Crippen LogP contribution is 2.20. The first-order valence-corrected chi connectivity index (χ1v) is 8.39. The Hall–Kier alpha value is -2.85. The number of carbonyl (C=O) groups is 1. The third-order valence-corrected chi connectivity index (χ3v) is 4.53. The first-order valence-electron chi connectivity index (χ1n) is 8.39. The molecular weight excluding hydrogens is 318 g/mol. The number of fused-ring (bicyclic) bond motifs is 1. The molecule has 2 atom stereocenters. The lowest BCUT2D eigenvalue weighted by Gasteiger charge is -2.21. The van der Waals surface area contributed by atoms with Crippen LogP contribution < -0.4 is 10.2 Å². The maximum absolute atomic E-state index is 11.9. The summed E-state index contributed by atoms with van der Waals surface area (Å²) in [5.74, 6) is 0.225. The number of likely N-dealkylation sites (N-methyl/N-ethyl adjacent to an activating group) is 1. The van der Waals surface area contributed by atoms with Gasteiger partial charge in [-0.05, 0) is 31.9 Å². The van der Waals surface area contributed by atoms with Crippen LogP contribution in [0.15, 0.2) is 30.0 Å². The number of aromatic nitrogens is 2. The number of aromatic amines is 1. The number of quaternary nitrogens is 1. The molecule has 0 spiro atoms. The zero-order valence-electron chi connectivity index (χ0n) is 14.3. The number of H-pyrrole nitrogens is 1. The van der Waals surface area contributed by atoms with E-state index < -0.39 is 6.04 Å². The topological polar surface area (TPSA) is 106 Å². The number of hydrogen-bond donors (Lipinski definition) is 4. The van der Waals surface area contributed by atoms with E-state index in [0.717, 1.165) is 28.8 Å². The lowest BCUT2D eigenvalue weighted by Crippen LogP contribution is -3.14. The van der Waals surface area contributed by atoms with E-state index in [4.69, 9.17) is 0 Å². The molecule has 1 aliphatic carbocycles. The Kier molecular flexibility index (Phi) is 4.72. The third kappa shape index (κ3) is 3.80. The molecule has 1 aliphatic rings. The maximum atomic E-state index is 11.9. The first kappa shape index (κ1) is 17.0. The average Bonchev–Trinajstić information content (AvgIpc) is 3.29. The van der Waals surface area contributed by atoms with Gasteiger partial charge in [-0.2, -0.15) is 5.26 Å². The highest BCUT2D eigenvalue weighted by atomic mass is 16.3. The van der Waals surface area contributed by atoms with E-state index >= 15 is 0 Å². The van der Waals surface area contributed by atoms with Crippen molar-refractivity contribution in [2.75, 3.05) is 13.6 Å². The van der Waals surface area contributed by atoms with Gasteiger partial charge in [-0.1, -0.05) is 12.1 Å². The van der Waals surface area contributed by atoms with E-state index in [1.807, 2.05) is 37.4 Å². The summed E-state index contributed by atoms with van der Waals surface area (Å²) in [4.78, 5) is 20.2. The summed E-state index contributed by atoms with van der Waals surface area (Å²) in [6, 6.07) is 9.37. The summed E-state index contributed by atoms with van der Waals surface area (Å²) in [7, 11) is 1.82. The van der Waals surface area contributed by atoms with Crippen molar-refractivity contribution in [3.8, 4) is 6.07 Å². The number of benzene rings is 1. The molecule has 7 heteroatoms. The van der Waals surface area contributed by atoms with Crippen molar-refractivity contribution >= 4 is 22.5 Å².